The second-order valence-electron chi connectivity index (χ2n) is 7.11. The number of amides is 1. The first-order chi connectivity index (χ1) is 13.6. The number of carbonyl (C=O) groups excluding carboxylic acids is 1. The number of anilines is 1. The zero-order chi connectivity index (χ0) is 20.5. The summed E-state index contributed by atoms with van der Waals surface area (Å²) >= 11 is 5.22. The number of carbonyl (C=O) groups is 1. The van der Waals surface area contributed by atoms with Crippen LogP contribution in [-0.2, 0) is 4.79 Å². The van der Waals surface area contributed by atoms with Gasteiger partial charge in [-0.1, -0.05) is 76.8 Å². The number of nitrogens with zero attached hydrogens (tertiary/aromatic N) is 1. The number of unbranched alkanes of at least 4 members (excludes halogenated alkanes) is 9. The minimum atomic E-state index is -0.0816. The summed E-state index contributed by atoms with van der Waals surface area (Å²) in [6.07, 6.45) is 15.0. The monoisotopic (exact) mass is 404 g/mol. The molecule has 0 aliphatic heterocycles. The van der Waals surface area contributed by atoms with Crippen LogP contribution < -0.4 is 16.1 Å². The van der Waals surface area contributed by atoms with Crippen LogP contribution >= 0.6 is 12.2 Å². The van der Waals surface area contributed by atoms with Gasteiger partial charge in [-0.05, 0) is 36.3 Å². The molecule has 0 aliphatic carbocycles. The molecule has 6 heteroatoms. The molecule has 156 valence electrons. The summed E-state index contributed by atoms with van der Waals surface area (Å²) in [4.78, 5) is 11.0. The fourth-order valence-electron chi connectivity index (χ4n) is 2.88. The van der Waals surface area contributed by atoms with Gasteiger partial charge in [0.05, 0.1) is 6.21 Å². The van der Waals surface area contributed by atoms with Crippen LogP contribution in [0.25, 0.3) is 0 Å². The number of hydrazone groups is 1. The summed E-state index contributed by atoms with van der Waals surface area (Å²) in [6.45, 7) is 4.63. The smallest absolute Gasteiger partial charge is 0.221 e. The van der Waals surface area contributed by atoms with E-state index in [1.54, 1.807) is 6.21 Å². The molecule has 1 aromatic rings. The van der Waals surface area contributed by atoms with E-state index in [0.29, 0.717) is 5.11 Å². The van der Waals surface area contributed by atoms with E-state index in [-0.39, 0.29) is 5.91 Å². The topological polar surface area (TPSA) is 65.5 Å². The van der Waals surface area contributed by atoms with Gasteiger partial charge in [0, 0.05) is 19.2 Å². The number of benzene rings is 1. The summed E-state index contributed by atoms with van der Waals surface area (Å²) in [5.74, 6) is -0.0816. The molecule has 1 aromatic carbocycles. The van der Waals surface area contributed by atoms with Crippen LogP contribution in [0.3, 0.4) is 0 Å². The number of thiocarbonyl (C=S) groups is 1. The number of hydrogen-bond acceptors (Lipinski definition) is 3. The van der Waals surface area contributed by atoms with Crippen molar-refractivity contribution in [2.75, 3.05) is 11.9 Å². The molecule has 0 saturated heterocycles. The molecule has 0 fully saturated rings. The van der Waals surface area contributed by atoms with Gasteiger partial charge in [0.1, 0.15) is 0 Å². The van der Waals surface area contributed by atoms with Crippen LogP contribution in [0.4, 0.5) is 5.69 Å². The highest BCUT2D eigenvalue weighted by atomic mass is 32.1. The van der Waals surface area contributed by atoms with Crippen LogP contribution in [0.2, 0.25) is 0 Å². The Balaban J connectivity index is 2.01. The lowest BCUT2D eigenvalue weighted by Gasteiger charge is -2.07. The number of hydrogen-bond donors (Lipinski definition) is 3. The Bertz CT molecular complexity index is 587. The third-order valence-corrected chi connectivity index (χ3v) is 4.66. The fraction of sp³-hybridized carbons (Fsp3) is 0.591. The lowest BCUT2D eigenvalue weighted by Crippen LogP contribution is -2.32. The number of rotatable bonds is 14. The molecular formula is C22H36N4OS. The average Bonchev–Trinajstić information content (AvgIpc) is 2.67. The van der Waals surface area contributed by atoms with Crippen molar-refractivity contribution in [2.24, 2.45) is 5.10 Å². The van der Waals surface area contributed by atoms with Crippen LogP contribution in [-0.4, -0.2) is 23.8 Å². The number of nitrogens with one attached hydrogen (secondary N) is 3. The van der Waals surface area contributed by atoms with Gasteiger partial charge in [-0.2, -0.15) is 5.10 Å². The molecule has 0 aliphatic rings. The molecule has 0 unspecified atom stereocenters. The zero-order valence-corrected chi connectivity index (χ0v) is 18.2. The maximum absolute atomic E-state index is 11.0. The molecule has 1 rings (SSSR count). The van der Waals surface area contributed by atoms with Crippen LogP contribution in [0.5, 0.6) is 0 Å². The normalized spacial score (nSPS) is 10.8. The van der Waals surface area contributed by atoms with Crippen molar-refractivity contribution in [1.82, 2.24) is 10.7 Å². The largest absolute Gasteiger partial charge is 0.361 e. The lowest BCUT2D eigenvalue weighted by atomic mass is 10.1. The van der Waals surface area contributed by atoms with E-state index in [1.807, 2.05) is 24.3 Å². The molecule has 0 aromatic heterocycles. The summed E-state index contributed by atoms with van der Waals surface area (Å²) in [6, 6.07) is 7.45. The third kappa shape index (κ3) is 13.3. The standard InChI is InChI=1S/C22H36N4OS/c1-3-4-5-6-7-8-9-10-11-12-17-23-22(28)26-24-18-20-13-15-21(16-14-20)25-19(2)27/h13-16,18H,3-12,17H2,1-2H3,(H,25,27)(H2,23,26,28). The SMILES string of the molecule is CCCCCCCCCCCCNC(=S)NN=Cc1ccc(NC(C)=O)cc1. The second-order valence-corrected chi connectivity index (χ2v) is 7.52. The van der Waals surface area contributed by atoms with Crippen LogP contribution in [0, 0.1) is 0 Å². The summed E-state index contributed by atoms with van der Waals surface area (Å²) in [5, 5.41) is 10.6. The Morgan fingerprint density at radius 3 is 2.11 bits per heavy atom. The Morgan fingerprint density at radius 1 is 0.964 bits per heavy atom. The molecular weight excluding hydrogens is 368 g/mol. The van der Waals surface area contributed by atoms with E-state index >= 15 is 0 Å². The molecule has 0 spiro atoms. The van der Waals surface area contributed by atoms with Crippen molar-refractivity contribution in [1.29, 1.82) is 0 Å². The Kier molecular flexibility index (Phi) is 13.8. The predicted octanol–water partition coefficient (Wildman–Crippen LogP) is 5.36. The first kappa shape index (κ1) is 24.1. The Hall–Kier alpha value is -1.95. The summed E-state index contributed by atoms with van der Waals surface area (Å²) in [5.41, 5.74) is 4.53. The quantitative estimate of drug-likeness (QED) is 0.169. The molecule has 1 amide bonds. The second kappa shape index (κ2) is 16.0. The van der Waals surface area contributed by atoms with Gasteiger partial charge in [-0.3, -0.25) is 10.2 Å². The molecule has 5 nitrogen and oxygen atoms in total. The minimum Gasteiger partial charge on any atom is -0.361 e. The minimum absolute atomic E-state index is 0.0816. The highest BCUT2D eigenvalue weighted by Crippen LogP contribution is 2.10. The molecule has 0 bridgehead atoms. The highest BCUT2D eigenvalue weighted by Gasteiger charge is 1.96. The van der Waals surface area contributed by atoms with Gasteiger partial charge in [0.15, 0.2) is 5.11 Å². The Morgan fingerprint density at radius 2 is 1.54 bits per heavy atom. The first-order valence-corrected chi connectivity index (χ1v) is 11.0. The molecule has 0 radical (unpaired) electrons. The van der Waals surface area contributed by atoms with Crippen molar-refractivity contribution in [3.63, 3.8) is 0 Å². The predicted molar refractivity (Wildman–Crippen MR) is 124 cm³/mol. The molecule has 28 heavy (non-hydrogen) atoms. The van der Waals surface area contributed by atoms with Gasteiger partial charge in [-0.25, -0.2) is 0 Å². The van der Waals surface area contributed by atoms with E-state index in [9.17, 15) is 4.79 Å². The van der Waals surface area contributed by atoms with Crippen molar-refractivity contribution in [2.45, 2.75) is 78.1 Å². The summed E-state index contributed by atoms with van der Waals surface area (Å²) in [7, 11) is 0. The average molecular weight is 405 g/mol. The van der Waals surface area contributed by atoms with E-state index < -0.39 is 0 Å². The van der Waals surface area contributed by atoms with Gasteiger partial charge in [0.25, 0.3) is 0 Å². The Labute approximate surface area is 175 Å². The fourth-order valence-corrected chi connectivity index (χ4v) is 3.03. The molecule has 0 saturated carbocycles. The maximum Gasteiger partial charge on any atom is 0.221 e. The lowest BCUT2D eigenvalue weighted by molar-refractivity contribution is -0.114. The van der Waals surface area contributed by atoms with E-state index in [2.05, 4.69) is 28.1 Å². The van der Waals surface area contributed by atoms with E-state index in [1.165, 1.54) is 64.7 Å². The first-order valence-electron chi connectivity index (χ1n) is 10.6. The van der Waals surface area contributed by atoms with E-state index in [0.717, 1.165) is 24.2 Å². The zero-order valence-electron chi connectivity index (χ0n) is 17.4. The van der Waals surface area contributed by atoms with Gasteiger partial charge >= 0.3 is 0 Å². The summed E-state index contributed by atoms with van der Waals surface area (Å²) < 4.78 is 0. The van der Waals surface area contributed by atoms with E-state index in [4.69, 9.17) is 12.2 Å². The van der Waals surface area contributed by atoms with Crippen molar-refractivity contribution in [3.8, 4) is 0 Å². The van der Waals surface area contributed by atoms with Crippen molar-refractivity contribution >= 4 is 35.1 Å². The molecule has 0 heterocycles. The van der Waals surface area contributed by atoms with Crippen molar-refractivity contribution in [3.05, 3.63) is 29.8 Å². The highest BCUT2D eigenvalue weighted by molar-refractivity contribution is 7.80. The van der Waals surface area contributed by atoms with Crippen LogP contribution in [0.15, 0.2) is 29.4 Å². The van der Waals surface area contributed by atoms with Gasteiger partial charge in [-0.15, -0.1) is 0 Å². The van der Waals surface area contributed by atoms with Gasteiger partial charge in [0.2, 0.25) is 5.91 Å². The van der Waals surface area contributed by atoms with Gasteiger partial charge < -0.3 is 10.6 Å². The maximum atomic E-state index is 11.0. The van der Waals surface area contributed by atoms with Crippen molar-refractivity contribution < 1.29 is 4.79 Å². The third-order valence-electron chi connectivity index (χ3n) is 4.43. The van der Waals surface area contributed by atoms with Crippen LogP contribution in [0.1, 0.15) is 83.6 Å². The molecule has 3 N–H and O–H groups in total. The molecule has 0 atom stereocenters.